The van der Waals surface area contributed by atoms with Crippen LogP contribution in [0.3, 0.4) is 0 Å². The van der Waals surface area contributed by atoms with E-state index < -0.39 is 10.0 Å². The van der Waals surface area contributed by atoms with E-state index >= 15 is 0 Å². The number of rotatable bonds is 6. The number of imidazole rings is 1. The van der Waals surface area contributed by atoms with E-state index in [9.17, 15) is 8.42 Å². The van der Waals surface area contributed by atoms with Crippen LogP contribution in [0.1, 0.15) is 12.8 Å². The summed E-state index contributed by atoms with van der Waals surface area (Å²) in [7, 11) is -1.91. The maximum atomic E-state index is 12.4. The Morgan fingerprint density at radius 3 is 2.95 bits per heavy atom. The SMILES string of the molecule is Cn1cnc(S(=O)(=O)N(CCO)CC2CCCN2)c1. The summed E-state index contributed by atoms with van der Waals surface area (Å²) in [6.07, 6.45) is 4.94. The van der Waals surface area contributed by atoms with Gasteiger partial charge >= 0.3 is 0 Å². The van der Waals surface area contributed by atoms with Crippen molar-refractivity contribution in [2.75, 3.05) is 26.2 Å². The molecule has 108 valence electrons. The molecule has 19 heavy (non-hydrogen) atoms. The van der Waals surface area contributed by atoms with Gasteiger partial charge in [0.2, 0.25) is 0 Å². The molecule has 1 fully saturated rings. The van der Waals surface area contributed by atoms with Crippen LogP contribution in [0.2, 0.25) is 0 Å². The van der Waals surface area contributed by atoms with Crippen molar-refractivity contribution in [1.29, 1.82) is 0 Å². The number of hydrogen-bond acceptors (Lipinski definition) is 5. The van der Waals surface area contributed by atoms with Crippen molar-refractivity contribution in [3.8, 4) is 0 Å². The molecule has 1 aromatic heterocycles. The second-order valence-corrected chi connectivity index (χ2v) is 6.64. The first kappa shape index (κ1) is 14.4. The number of hydrogen-bond donors (Lipinski definition) is 2. The van der Waals surface area contributed by atoms with E-state index in [-0.39, 0.29) is 24.2 Å². The molecule has 1 unspecified atom stereocenters. The number of aryl methyl sites for hydroxylation is 1. The van der Waals surface area contributed by atoms with Gasteiger partial charge in [-0.2, -0.15) is 4.31 Å². The van der Waals surface area contributed by atoms with Gasteiger partial charge in [0.15, 0.2) is 5.03 Å². The molecule has 0 spiro atoms. The maximum absolute atomic E-state index is 12.4. The van der Waals surface area contributed by atoms with Crippen LogP contribution in [-0.4, -0.2) is 59.7 Å². The average molecular weight is 288 g/mol. The zero-order valence-electron chi connectivity index (χ0n) is 11.0. The number of nitrogens with zero attached hydrogens (tertiary/aromatic N) is 3. The molecule has 1 aliphatic heterocycles. The molecule has 2 rings (SSSR count). The quantitative estimate of drug-likeness (QED) is 0.712. The topological polar surface area (TPSA) is 87.5 Å². The van der Waals surface area contributed by atoms with E-state index in [2.05, 4.69) is 10.3 Å². The van der Waals surface area contributed by atoms with Gasteiger partial charge in [-0.1, -0.05) is 0 Å². The van der Waals surface area contributed by atoms with Gasteiger partial charge in [-0.15, -0.1) is 0 Å². The number of aliphatic hydroxyl groups is 1. The lowest BCUT2D eigenvalue weighted by Crippen LogP contribution is -2.42. The number of sulfonamides is 1. The van der Waals surface area contributed by atoms with Crippen LogP contribution in [-0.2, 0) is 17.1 Å². The molecular weight excluding hydrogens is 268 g/mol. The molecular formula is C11H20N4O3S. The van der Waals surface area contributed by atoms with Crippen LogP contribution in [0.5, 0.6) is 0 Å². The van der Waals surface area contributed by atoms with Gasteiger partial charge < -0.3 is 15.0 Å². The maximum Gasteiger partial charge on any atom is 0.262 e. The lowest BCUT2D eigenvalue weighted by molar-refractivity contribution is 0.246. The molecule has 0 aromatic carbocycles. The van der Waals surface area contributed by atoms with Crippen molar-refractivity contribution in [1.82, 2.24) is 19.2 Å². The molecule has 2 N–H and O–H groups in total. The van der Waals surface area contributed by atoms with Gasteiger partial charge in [0, 0.05) is 32.4 Å². The van der Waals surface area contributed by atoms with E-state index in [1.807, 2.05) is 0 Å². The molecule has 1 atom stereocenters. The molecule has 1 saturated heterocycles. The third-order valence-electron chi connectivity index (χ3n) is 3.22. The molecule has 0 bridgehead atoms. The van der Waals surface area contributed by atoms with Gasteiger partial charge in [-0.05, 0) is 19.4 Å². The number of aromatic nitrogens is 2. The molecule has 0 radical (unpaired) electrons. The Kier molecular flexibility index (Phi) is 4.56. The standard InChI is InChI=1S/C11H20N4O3S/c1-14-8-11(13-9-14)19(17,18)15(5-6-16)7-10-3-2-4-12-10/h8-10,12,16H,2-7H2,1H3. The largest absolute Gasteiger partial charge is 0.395 e. The first-order valence-electron chi connectivity index (χ1n) is 6.36. The molecule has 0 saturated carbocycles. The van der Waals surface area contributed by atoms with Crippen molar-refractivity contribution >= 4 is 10.0 Å². The fourth-order valence-electron chi connectivity index (χ4n) is 2.23. The lowest BCUT2D eigenvalue weighted by Gasteiger charge is -2.23. The van der Waals surface area contributed by atoms with Gasteiger partial charge in [0.25, 0.3) is 10.0 Å². The molecule has 0 aliphatic carbocycles. The van der Waals surface area contributed by atoms with Gasteiger partial charge in [0.1, 0.15) is 0 Å². The fourth-order valence-corrected chi connectivity index (χ4v) is 3.68. The lowest BCUT2D eigenvalue weighted by atomic mass is 10.2. The van der Waals surface area contributed by atoms with E-state index in [4.69, 9.17) is 5.11 Å². The van der Waals surface area contributed by atoms with E-state index in [0.717, 1.165) is 19.4 Å². The van der Waals surface area contributed by atoms with E-state index in [1.54, 1.807) is 11.6 Å². The normalized spacial score (nSPS) is 20.3. The Morgan fingerprint density at radius 2 is 2.42 bits per heavy atom. The predicted molar refractivity (Wildman–Crippen MR) is 70.1 cm³/mol. The van der Waals surface area contributed by atoms with Gasteiger partial charge in [-0.3, -0.25) is 0 Å². The molecule has 7 nitrogen and oxygen atoms in total. The van der Waals surface area contributed by atoms with E-state index in [0.29, 0.717) is 6.54 Å². The summed E-state index contributed by atoms with van der Waals surface area (Å²) in [6, 6.07) is 0.157. The Balaban J connectivity index is 2.16. The molecule has 1 aliphatic rings. The zero-order chi connectivity index (χ0) is 13.9. The van der Waals surface area contributed by atoms with Gasteiger partial charge in [0.05, 0.1) is 12.9 Å². The monoisotopic (exact) mass is 288 g/mol. The smallest absolute Gasteiger partial charge is 0.262 e. The van der Waals surface area contributed by atoms with Crippen LogP contribution in [0.15, 0.2) is 17.6 Å². The van der Waals surface area contributed by atoms with Crippen molar-refractivity contribution in [3.05, 3.63) is 12.5 Å². The summed E-state index contributed by atoms with van der Waals surface area (Å²) in [5.41, 5.74) is 0. The van der Waals surface area contributed by atoms with E-state index in [1.165, 1.54) is 16.8 Å². The van der Waals surface area contributed by atoms with Crippen molar-refractivity contribution in [2.24, 2.45) is 7.05 Å². The van der Waals surface area contributed by atoms with Crippen molar-refractivity contribution < 1.29 is 13.5 Å². The number of aliphatic hydroxyl groups excluding tert-OH is 1. The van der Waals surface area contributed by atoms with Crippen LogP contribution in [0.25, 0.3) is 0 Å². The summed E-state index contributed by atoms with van der Waals surface area (Å²) in [5, 5.41) is 12.4. The summed E-state index contributed by atoms with van der Waals surface area (Å²) in [4.78, 5) is 3.90. The molecule has 2 heterocycles. The Bertz CT molecular complexity index is 508. The first-order chi connectivity index (χ1) is 9.04. The fraction of sp³-hybridized carbons (Fsp3) is 0.727. The molecule has 8 heteroatoms. The Morgan fingerprint density at radius 1 is 1.63 bits per heavy atom. The highest BCUT2D eigenvalue weighted by Crippen LogP contribution is 2.15. The third-order valence-corrected chi connectivity index (χ3v) is 4.97. The minimum Gasteiger partial charge on any atom is -0.395 e. The zero-order valence-corrected chi connectivity index (χ0v) is 11.8. The minimum atomic E-state index is -3.63. The second-order valence-electron chi connectivity index (χ2n) is 4.76. The van der Waals surface area contributed by atoms with Gasteiger partial charge in [-0.25, -0.2) is 13.4 Å². The summed E-state index contributed by atoms with van der Waals surface area (Å²) in [5.74, 6) is 0. The number of nitrogens with one attached hydrogen (secondary N) is 1. The van der Waals surface area contributed by atoms with Crippen LogP contribution in [0, 0.1) is 0 Å². The average Bonchev–Trinajstić information content (AvgIpc) is 3.00. The Hall–Kier alpha value is -0.960. The van der Waals surface area contributed by atoms with Crippen LogP contribution >= 0.6 is 0 Å². The third kappa shape index (κ3) is 3.33. The first-order valence-corrected chi connectivity index (χ1v) is 7.80. The minimum absolute atomic E-state index is 0.0291. The Labute approximate surface area is 113 Å². The molecule has 1 aromatic rings. The summed E-state index contributed by atoms with van der Waals surface area (Å²) in [6.45, 7) is 1.19. The highest BCUT2D eigenvalue weighted by molar-refractivity contribution is 7.89. The van der Waals surface area contributed by atoms with Crippen LogP contribution in [0.4, 0.5) is 0 Å². The second kappa shape index (κ2) is 6.00. The predicted octanol–water partition coefficient (Wildman–Crippen LogP) is -0.845. The highest BCUT2D eigenvalue weighted by Gasteiger charge is 2.29. The van der Waals surface area contributed by atoms with Crippen LogP contribution < -0.4 is 5.32 Å². The molecule has 0 amide bonds. The summed E-state index contributed by atoms with van der Waals surface area (Å²) < 4.78 is 27.8. The highest BCUT2D eigenvalue weighted by atomic mass is 32.2. The summed E-state index contributed by atoms with van der Waals surface area (Å²) >= 11 is 0. The van der Waals surface area contributed by atoms with Crippen molar-refractivity contribution in [3.63, 3.8) is 0 Å². The van der Waals surface area contributed by atoms with Crippen molar-refractivity contribution in [2.45, 2.75) is 23.9 Å².